The number of nitrogens with one attached hydrogen (secondary N) is 1. The summed E-state index contributed by atoms with van der Waals surface area (Å²) in [5, 5.41) is 10.5. The molecule has 0 atom stereocenters. The van der Waals surface area contributed by atoms with E-state index in [4.69, 9.17) is 0 Å². The van der Waals surface area contributed by atoms with Gasteiger partial charge in [-0.2, -0.15) is 10.2 Å². The molecule has 6 nitrogen and oxygen atoms in total. The van der Waals surface area contributed by atoms with Crippen molar-refractivity contribution in [1.29, 1.82) is 0 Å². The lowest BCUT2D eigenvalue weighted by Gasteiger charge is -2.08. The van der Waals surface area contributed by atoms with Crippen LogP contribution in [0.2, 0.25) is 0 Å². The van der Waals surface area contributed by atoms with Gasteiger partial charge in [0.15, 0.2) is 0 Å². The molecule has 6 heteroatoms. The molecule has 0 aliphatic rings. The molecule has 2 aromatic heterocycles. The van der Waals surface area contributed by atoms with Crippen LogP contribution in [0.4, 0.5) is 5.69 Å². The first kappa shape index (κ1) is 14.9. The normalized spacial score (nSPS) is 10.6. The number of carbonyl (C=O) groups is 1. The molecule has 0 saturated carbocycles. The van der Waals surface area contributed by atoms with Gasteiger partial charge >= 0.3 is 0 Å². The largest absolute Gasteiger partial charge is 0.322 e. The van der Waals surface area contributed by atoms with Gasteiger partial charge in [0.2, 0.25) is 0 Å². The number of aromatic nitrogens is 4. The Labute approximate surface area is 134 Å². The van der Waals surface area contributed by atoms with Gasteiger partial charge in [0.25, 0.3) is 5.91 Å². The first-order valence-corrected chi connectivity index (χ1v) is 7.26. The van der Waals surface area contributed by atoms with E-state index in [0.717, 1.165) is 22.8 Å². The first-order chi connectivity index (χ1) is 11.0. The van der Waals surface area contributed by atoms with Gasteiger partial charge in [-0.3, -0.25) is 4.79 Å². The van der Waals surface area contributed by atoms with E-state index in [2.05, 4.69) is 20.5 Å². The zero-order valence-electron chi connectivity index (χ0n) is 13.2. The molecule has 2 heterocycles. The van der Waals surface area contributed by atoms with Crippen molar-refractivity contribution in [2.24, 2.45) is 0 Å². The Kier molecular flexibility index (Phi) is 3.89. The maximum atomic E-state index is 12.2. The van der Waals surface area contributed by atoms with Crippen LogP contribution in [0.1, 0.15) is 27.4 Å². The highest BCUT2D eigenvalue weighted by molar-refractivity contribution is 6.04. The van der Waals surface area contributed by atoms with Crippen LogP contribution >= 0.6 is 0 Å². The standard InChI is InChI=1S/C17H17N5O/c1-11-8-14(9-19-21-11)17(23)20-15-4-6-16(7-5-15)22-10-18-12(2)13(22)3/h4-10H,1-3H3,(H,20,23). The molecule has 0 fully saturated rings. The van der Waals surface area contributed by atoms with Gasteiger partial charge in [0, 0.05) is 17.1 Å². The second-order valence-electron chi connectivity index (χ2n) is 5.37. The topological polar surface area (TPSA) is 72.7 Å². The molecule has 0 spiro atoms. The number of aryl methyl sites for hydroxylation is 2. The van der Waals surface area contributed by atoms with Crippen LogP contribution in [0.3, 0.4) is 0 Å². The van der Waals surface area contributed by atoms with Crippen LogP contribution in [0.25, 0.3) is 5.69 Å². The van der Waals surface area contributed by atoms with Crippen molar-refractivity contribution in [3.8, 4) is 5.69 Å². The summed E-state index contributed by atoms with van der Waals surface area (Å²) in [4.78, 5) is 16.5. The van der Waals surface area contributed by atoms with Crippen molar-refractivity contribution in [2.75, 3.05) is 5.32 Å². The molecule has 0 radical (unpaired) electrons. The number of carbonyl (C=O) groups excluding carboxylic acids is 1. The minimum absolute atomic E-state index is 0.203. The van der Waals surface area contributed by atoms with Crippen LogP contribution in [-0.2, 0) is 0 Å². The highest BCUT2D eigenvalue weighted by Gasteiger charge is 2.08. The van der Waals surface area contributed by atoms with Gasteiger partial charge < -0.3 is 9.88 Å². The van der Waals surface area contributed by atoms with Crippen LogP contribution in [0, 0.1) is 20.8 Å². The molecule has 0 saturated heterocycles. The molecule has 1 N–H and O–H groups in total. The summed E-state index contributed by atoms with van der Waals surface area (Å²) in [5.41, 5.74) is 5.02. The van der Waals surface area contributed by atoms with Gasteiger partial charge in [-0.05, 0) is 51.1 Å². The number of anilines is 1. The zero-order valence-corrected chi connectivity index (χ0v) is 13.2. The molecule has 3 aromatic rings. The molecule has 1 aromatic carbocycles. The number of imidazole rings is 1. The molecule has 0 aliphatic heterocycles. The summed E-state index contributed by atoms with van der Waals surface area (Å²) in [7, 11) is 0. The summed E-state index contributed by atoms with van der Waals surface area (Å²) in [6.07, 6.45) is 3.25. The van der Waals surface area contributed by atoms with Crippen molar-refractivity contribution >= 4 is 11.6 Å². The van der Waals surface area contributed by atoms with Crippen molar-refractivity contribution in [3.05, 3.63) is 65.5 Å². The molecule has 23 heavy (non-hydrogen) atoms. The monoisotopic (exact) mass is 307 g/mol. The Hall–Kier alpha value is -3.02. The summed E-state index contributed by atoms with van der Waals surface area (Å²) in [5.74, 6) is -0.203. The smallest absolute Gasteiger partial charge is 0.257 e. The van der Waals surface area contributed by atoms with E-state index in [1.165, 1.54) is 6.20 Å². The summed E-state index contributed by atoms with van der Waals surface area (Å²) >= 11 is 0. The quantitative estimate of drug-likeness (QED) is 0.807. The molecule has 3 rings (SSSR count). The summed E-state index contributed by atoms with van der Waals surface area (Å²) in [6, 6.07) is 9.32. The SMILES string of the molecule is Cc1cc(C(=O)Nc2ccc(-n3cnc(C)c3C)cc2)cnn1. The minimum atomic E-state index is -0.203. The lowest BCUT2D eigenvalue weighted by Crippen LogP contribution is -2.12. The number of amides is 1. The molecule has 0 bridgehead atoms. The molecule has 116 valence electrons. The van der Waals surface area contributed by atoms with E-state index < -0.39 is 0 Å². The van der Waals surface area contributed by atoms with E-state index in [0.29, 0.717) is 11.3 Å². The summed E-state index contributed by atoms with van der Waals surface area (Å²) < 4.78 is 2.01. The lowest BCUT2D eigenvalue weighted by atomic mass is 10.2. The molecular formula is C17H17N5O. The third kappa shape index (κ3) is 3.11. The molecule has 1 amide bonds. The highest BCUT2D eigenvalue weighted by atomic mass is 16.1. The Morgan fingerprint density at radius 1 is 1.13 bits per heavy atom. The Bertz CT molecular complexity index is 852. The maximum Gasteiger partial charge on any atom is 0.257 e. The number of rotatable bonds is 3. The van der Waals surface area contributed by atoms with E-state index >= 15 is 0 Å². The molecule has 0 unspecified atom stereocenters. The number of nitrogens with zero attached hydrogens (tertiary/aromatic N) is 4. The Balaban J connectivity index is 1.78. The van der Waals surface area contributed by atoms with Gasteiger partial charge in [0.1, 0.15) is 0 Å². The van der Waals surface area contributed by atoms with Gasteiger partial charge in [0.05, 0.1) is 29.5 Å². The van der Waals surface area contributed by atoms with Crippen LogP contribution in [0.5, 0.6) is 0 Å². The van der Waals surface area contributed by atoms with Crippen LogP contribution in [0.15, 0.2) is 42.9 Å². The van der Waals surface area contributed by atoms with Crippen LogP contribution in [-0.4, -0.2) is 25.7 Å². The summed E-state index contributed by atoms with van der Waals surface area (Å²) in [6.45, 7) is 5.80. The predicted molar refractivity (Wildman–Crippen MR) is 87.8 cm³/mol. The average molecular weight is 307 g/mol. The fraction of sp³-hybridized carbons (Fsp3) is 0.176. The van der Waals surface area contributed by atoms with Crippen molar-refractivity contribution < 1.29 is 4.79 Å². The Morgan fingerprint density at radius 3 is 2.48 bits per heavy atom. The van der Waals surface area contributed by atoms with Gasteiger partial charge in [-0.25, -0.2) is 4.98 Å². The first-order valence-electron chi connectivity index (χ1n) is 7.26. The van der Waals surface area contributed by atoms with Gasteiger partial charge in [-0.1, -0.05) is 0 Å². The van der Waals surface area contributed by atoms with E-state index in [1.807, 2.05) is 42.7 Å². The second kappa shape index (κ2) is 6.00. The second-order valence-corrected chi connectivity index (χ2v) is 5.37. The third-order valence-corrected chi connectivity index (χ3v) is 3.69. The zero-order chi connectivity index (χ0) is 16.4. The lowest BCUT2D eigenvalue weighted by molar-refractivity contribution is 0.102. The van der Waals surface area contributed by atoms with E-state index in [9.17, 15) is 4.79 Å². The fourth-order valence-electron chi connectivity index (χ4n) is 2.27. The number of hydrogen-bond donors (Lipinski definition) is 1. The van der Waals surface area contributed by atoms with Gasteiger partial charge in [-0.15, -0.1) is 0 Å². The van der Waals surface area contributed by atoms with Crippen molar-refractivity contribution in [3.63, 3.8) is 0 Å². The van der Waals surface area contributed by atoms with Crippen molar-refractivity contribution in [1.82, 2.24) is 19.7 Å². The Morgan fingerprint density at radius 2 is 1.87 bits per heavy atom. The number of hydrogen-bond acceptors (Lipinski definition) is 4. The number of benzene rings is 1. The molecular weight excluding hydrogens is 290 g/mol. The third-order valence-electron chi connectivity index (χ3n) is 3.69. The van der Waals surface area contributed by atoms with E-state index in [-0.39, 0.29) is 5.91 Å². The predicted octanol–water partition coefficient (Wildman–Crippen LogP) is 2.84. The maximum absolute atomic E-state index is 12.2. The van der Waals surface area contributed by atoms with E-state index in [1.54, 1.807) is 19.3 Å². The fourth-order valence-corrected chi connectivity index (χ4v) is 2.27. The highest BCUT2D eigenvalue weighted by Crippen LogP contribution is 2.17. The minimum Gasteiger partial charge on any atom is -0.322 e. The van der Waals surface area contributed by atoms with Crippen LogP contribution < -0.4 is 5.32 Å². The van der Waals surface area contributed by atoms with Crippen molar-refractivity contribution in [2.45, 2.75) is 20.8 Å². The molecule has 0 aliphatic carbocycles. The average Bonchev–Trinajstić information content (AvgIpc) is 2.88.